The lowest BCUT2D eigenvalue weighted by atomic mass is 10.0. The van der Waals surface area contributed by atoms with Gasteiger partial charge in [0.25, 0.3) is 0 Å². The molecule has 0 saturated carbocycles. The topological polar surface area (TPSA) is 35.8 Å². The zero-order valence-electron chi connectivity index (χ0n) is 10.9. The van der Waals surface area contributed by atoms with Gasteiger partial charge >= 0.3 is 0 Å². The van der Waals surface area contributed by atoms with Crippen molar-refractivity contribution in [2.45, 2.75) is 19.9 Å². The Bertz CT molecular complexity index is 629. The molecule has 0 aromatic heterocycles. The third kappa shape index (κ3) is 3.15. The van der Waals surface area contributed by atoms with Crippen LogP contribution in [0.4, 0.5) is 5.69 Å². The van der Waals surface area contributed by atoms with E-state index in [1.54, 1.807) is 0 Å². The highest BCUT2D eigenvalue weighted by molar-refractivity contribution is 9.10. The second-order valence-corrected chi connectivity index (χ2v) is 5.45. The number of hydrogen-bond acceptors (Lipinski definition) is 2. The zero-order valence-corrected chi connectivity index (χ0v) is 12.5. The van der Waals surface area contributed by atoms with Crippen molar-refractivity contribution in [1.29, 1.82) is 5.26 Å². The van der Waals surface area contributed by atoms with E-state index in [9.17, 15) is 5.26 Å². The summed E-state index contributed by atoms with van der Waals surface area (Å²) in [7, 11) is 0. The number of hydrogen-bond donors (Lipinski definition) is 1. The van der Waals surface area contributed by atoms with Gasteiger partial charge in [0.15, 0.2) is 0 Å². The molecule has 1 unspecified atom stereocenters. The van der Waals surface area contributed by atoms with Crippen LogP contribution in [0, 0.1) is 18.3 Å². The third-order valence-electron chi connectivity index (χ3n) is 3.10. The quantitative estimate of drug-likeness (QED) is 0.883. The maximum atomic E-state index is 9.17. The van der Waals surface area contributed by atoms with E-state index in [4.69, 9.17) is 0 Å². The summed E-state index contributed by atoms with van der Waals surface area (Å²) in [6.45, 7) is 4.10. The van der Waals surface area contributed by atoms with Gasteiger partial charge in [-0.15, -0.1) is 0 Å². The van der Waals surface area contributed by atoms with Gasteiger partial charge in [-0.25, -0.2) is 0 Å². The Kier molecular flexibility index (Phi) is 4.24. The van der Waals surface area contributed by atoms with Crippen molar-refractivity contribution >= 4 is 21.6 Å². The Labute approximate surface area is 122 Å². The van der Waals surface area contributed by atoms with Crippen LogP contribution in [0.25, 0.3) is 0 Å². The smallest absolute Gasteiger partial charge is 0.101 e. The van der Waals surface area contributed by atoms with Crippen LogP contribution in [0.15, 0.2) is 46.9 Å². The number of nitrogens with one attached hydrogen (secondary N) is 1. The van der Waals surface area contributed by atoms with Gasteiger partial charge in [-0.2, -0.15) is 5.26 Å². The van der Waals surface area contributed by atoms with Gasteiger partial charge in [0.2, 0.25) is 0 Å². The first-order valence-corrected chi connectivity index (χ1v) is 6.93. The molecule has 2 nitrogen and oxygen atoms in total. The molecule has 2 aromatic rings. The first-order chi connectivity index (χ1) is 9.11. The maximum Gasteiger partial charge on any atom is 0.101 e. The molecule has 0 spiro atoms. The van der Waals surface area contributed by atoms with Crippen LogP contribution in [0.2, 0.25) is 0 Å². The minimum atomic E-state index is 0.144. The van der Waals surface area contributed by atoms with Crippen molar-refractivity contribution in [3.63, 3.8) is 0 Å². The summed E-state index contributed by atoms with van der Waals surface area (Å²) in [6, 6.07) is 16.3. The second kappa shape index (κ2) is 5.90. The van der Waals surface area contributed by atoms with E-state index in [1.807, 2.05) is 37.3 Å². The predicted octanol–water partition coefficient (Wildman–Crippen LogP) is 4.80. The molecule has 2 rings (SSSR count). The summed E-state index contributed by atoms with van der Waals surface area (Å²) in [5, 5.41) is 12.6. The van der Waals surface area contributed by atoms with Gasteiger partial charge in [0.05, 0.1) is 11.3 Å². The van der Waals surface area contributed by atoms with Crippen molar-refractivity contribution in [1.82, 2.24) is 0 Å². The van der Waals surface area contributed by atoms with Crippen LogP contribution in [0.5, 0.6) is 0 Å². The van der Waals surface area contributed by atoms with Crippen molar-refractivity contribution in [2.75, 3.05) is 5.32 Å². The number of nitriles is 1. The lowest BCUT2D eigenvalue weighted by molar-refractivity contribution is 0.880. The number of para-hydroxylation sites is 1. The third-order valence-corrected chi connectivity index (χ3v) is 3.60. The number of rotatable bonds is 3. The number of anilines is 1. The van der Waals surface area contributed by atoms with Crippen LogP contribution in [-0.2, 0) is 0 Å². The fourth-order valence-electron chi connectivity index (χ4n) is 2.03. The molecule has 1 atom stereocenters. The normalized spacial score (nSPS) is 11.7. The summed E-state index contributed by atoms with van der Waals surface area (Å²) in [4.78, 5) is 0. The van der Waals surface area contributed by atoms with E-state index in [-0.39, 0.29) is 6.04 Å². The highest BCUT2D eigenvalue weighted by atomic mass is 79.9. The first kappa shape index (κ1) is 13.6. The van der Waals surface area contributed by atoms with Gasteiger partial charge in [-0.05, 0) is 43.2 Å². The zero-order chi connectivity index (χ0) is 13.8. The Balaban J connectivity index is 2.29. The molecular weight excluding hydrogens is 300 g/mol. The molecule has 0 radical (unpaired) electrons. The van der Waals surface area contributed by atoms with Crippen LogP contribution in [0.3, 0.4) is 0 Å². The SMILES string of the molecule is Cc1cccc(C#N)c1NC(C)c1cccc(Br)c1. The molecule has 0 fully saturated rings. The van der Waals surface area contributed by atoms with E-state index in [0.29, 0.717) is 5.56 Å². The Hall–Kier alpha value is -1.79. The molecule has 0 saturated heterocycles. The van der Waals surface area contributed by atoms with Crippen molar-refractivity contribution < 1.29 is 0 Å². The average molecular weight is 315 g/mol. The Morgan fingerprint density at radius 1 is 1.21 bits per heavy atom. The van der Waals surface area contributed by atoms with E-state index in [0.717, 1.165) is 15.7 Å². The van der Waals surface area contributed by atoms with Gasteiger partial charge in [0, 0.05) is 10.5 Å². The highest BCUT2D eigenvalue weighted by Gasteiger charge is 2.10. The average Bonchev–Trinajstić information content (AvgIpc) is 2.41. The fraction of sp³-hybridized carbons (Fsp3) is 0.188. The summed E-state index contributed by atoms with van der Waals surface area (Å²) in [6.07, 6.45) is 0. The van der Waals surface area contributed by atoms with Gasteiger partial charge < -0.3 is 5.32 Å². The molecule has 0 amide bonds. The van der Waals surface area contributed by atoms with Gasteiger partial charge in [0.1, 0.15) is 6.07 Å². The Morgan fingerprint density at radius 2 is 1.95 bits per heavy atom. The van der Waals surface area contributed by atoms with Gasteiger partial charge in [-0.3, -0.25) is 0 Å². The van der Waals surface area contributed by atoms with Crippen LogP contribution >= 0.6 is 15.9 Å². The molecule has 1 N–H and O–H groups in total. The minimum Gasteiger partial charge on any atom is -0.377 e. The lowest BCUT2D eigenvalue weighted by Gasteiger charge is -2.18. The highest BCUT2D eigenvalue weighted by Crippen LogP contribution is 2.26. The van der Waals surface area contributed by atoms with E-state index < -0.39 is 0 Å². The molecule has 96 valence electrons. The summed E-state index contributed by atoms with van der Waals surface area (Å²) < 4.78 is 1.06. The maximum absolute atomic E-state index is 9.17. The second-order valence-electron chi connectivity index (χ2n) is 4.53. The summed E-state index contributed by atoms with van der Waals surface area (Å²) >= 11 is 3.48. The van der Waals surface area contributed by atoms with Crippen molar-refractivity contribution in [2.24, 2.45) is 0 Å². The molecule has 0 aliphatic rings. The summed E-state index contributed by atoms with van der Waals surface area (Å²) in [5.74, 6) is 0. The van der Waals surface area contributed by atoms with E-state index in [2.05, 4.69) is 46.4 Å². The van der Waals surface area contributed by atoms with Crippen LogP contribution in [-0.4, -0.2) is 0 Å². The van der Waals surface area contributed by atoms with Gasteiger partial charge in [-0.1, -0.05) is 40.2 Å². The number of halogens is 1. The molecule has 3 heteroatoms. The van der Waals surface area contributed by atoms with Crippen molar-refractivity contribution in [3.8, 4) is 6.07 Å². The van der Waals surface area contributed by atoms with E-state index >= 15 is 0 Å². The van der Waals surface area contributed by atoms with E-state index in [1.165, 1.54) is 5.56 Å². The van der Waals surface area contributed by atoms with Crippen molar-refractivity contribution in [3.05, 3.63) is 63.6 Å². The van der Waals surface area contributed by atoms with Crippen LogP contribution < -0.4 is 5.32 Å². The van der Waals surface area contributed by atoms with Crippen LogP contribution in [0.1, 0.15) is 29.7 Å². The standard InChI is InChI=1S/C16H15BrN2/c1-11-5-3-7-14(10-18)16(11)19-12(2)13-6-4-8-15(17)9-13/h3-9,12,19H,1-2H3. The fourth-order valence-corrected chi connectivity index (χ4v) is 2.45. The largest absolute Gasteiger partial charge is 0.377 e. The molecule has 0 aliphatic heterocycles. The molecular formula is C16H15BrN2. The molecule has 19 heavy (non-hydrogen) atoms. The monoisotopic (exact) mass is 314 g/mol. The predicted molar refractivity (Wildman–Crippen MR) is 82.1 cm³/mol. The first-order valence-electron chi connectivity index (χ1n) is 6.13. The number of aryl methyl sites for hydroxylation is 1. The molecule has 2 aromatic carbocycles. The Morgan fingerprint density at radius 3 is 2.63 bits per heavy atom. The minimum absolute atomic E-state index is 0.144. The summed E-state index contributed by atoms with van der Waals surface area (Å²) in [5.41, 5.74) is 3.86. The lowest BCUT2D eigenvalue weighted by Crippen LogP contribution is -2.09. The number of benzene rings is 2. The molecule has 0 aliphatic carbocycles. The number of nitrogens with zero attached hydrogens (tertiary/aromatic N) is 1. The molecule has 0 heterocycles. The molecule has 0 bridgehead atoms.